The number of nitriles is 1. The first-order valence-corrected chi connectivity index (χ1v) is 8.88. The normalized spacial score (nSPS) is 13.8. The Hall–Kier alpha value is -3.46. The monoisotopic (exact) mass is 357 g/mol. The lowest BCUT2D eigenvalue weighted by Crippen LogP contribution is -1.93. The number of nitrogens with one attached hydrogen (secondary N) is 1. The Morgan fingerprint density at radius 3 is 2.78 bits per heavy atom. The molecule has 0 atom stereocenters. The van der Waals surface area contributed by atoms with Gasteiger partial charge in [-0.1, -0.05) is 0 Å². The van der Waals surface area contributed by atoms with Crippen LogP contribution < -0.4 is 0 Å². The summed E-state index contributed by atoms with van der Waals surface area (Å²) < 4.78 is 15.5. The molecule has 1 aliphatic rings. The molecule has 6 heteroatoms. The standard InChI is InChI=1S/C21H16FN5/c1-12-8-14(4-6-17(12)22)21-19(20(25-26-21)13-2-3-13)15-5-7-18-24-10-16(9-23)27(18)11-15/h4-8,10-11,13H,2-3H2,1H3,(H,25,26). The number of benzene rings is 1. The predicted octanol–water partition coefficient (Wildman–Crippen LogP) is 4.59. The lowest BCUT2D eigenvalue weighted by atomic mass is 9.97. The van der Waals surface area contributed by atoms with E-state index in [2.05, 4.69) is 21.3 Å². The van der Waals surface area contributed by atoms with Crippen molar-refractivity contribution < 1.29 is 4.39 Å². The van der Waals surface area contributed by atoms with Crippen molar-refractivity contribution in [1.82, 2.24) is 19.6 Å². The second-order valence-electron chi connectivity index (χ2n) is 7.00. The Kier molecular flexibility index (Phi) is 3.37. The molecule has 1 fully saturated rings. The highest BCUT2D eigenvalue weighted by molar-refractivity contribution is 5.83. The van der Waals surface area contributed by atoms with Gasteiger partial charge in [-0.15, -0.1) is 0 Å². The van der Waals surface area contributed by atoms with Crippen LogP contribution in [0.4, 0.5) is 4.39 Å². The topological polar surface area (TPSA) is 69.8 Å². The van der Waals surface area contributed by atoms with Crippen molar-refractivity contribution >= 4 is 5.65 Å². The molecule has 4 aromatic rings. The van der Waals surface area contributed by atoms with Crippen LogP contribution in [-0.4, -0.2) is 19.6 Å². The summed E-state index contributed by atoms with van der Waals surface area (Å²) >= 11 is 0. The van der Waals surface area contributed by atoms with Gasteiger partial charge in [-0.05, 0) is 55.7 Å². The van der Waals surface area contributed by atoms with Gasteiger partial charge in [0.25, 0.3) is 0 Å². The Labute approximate surface area is 155 Å². The third kappa shape index (κ3) is 2.51. The first-order valence-electron chi connectivity index (χ1n) is 8.88. The van der Waals surface area contributed by atoms with Gasteiger partial charge in [0.2, 0.25) is 0 Å². The number of rotatable bonds is 3. The molecule has 27 heavy (non-hydrogen) atoms. The number of nitrogens with zero attached hydrogens (tertiary/aromatic N) is 4. The van der Waals surface area contributed by atoms with E-state index in [-0.39, 0.29) is 5.82 Å². The van der Waals surface area contributed by atoms with E-state index in [1.165, 1.54) is 6.07 Å². The first-order chi connectivity index (χ1) is 13.2. The average Bonchev–Trinajstić information content (AvgIpc) is 3.29. The lowest BCUT2D eigenvalue weighted by molar-refractivity contribution is 0.619. The van der Waals surface area contributed by atoms with E-state index in [4.69, 9.17) is 0 Å². The summed E-state index contributed by atoms with van der Waals surface area (Å²) in [6, 6.07) is 11.1. The third-order valence-corrected chi connectivity index (χ3v) is 5.12. The number of imidazole rings is 1. The van der Waals surface area contributed by atoms with Crippen LogP contribution in [0, 0.1) is 24.1 Å². The van der Waals surface area contributed by atoms with Gasteiger partial charge in [0.05, 0.1) is 6.20 Å². The van der Waals surface area contributed by atoms with Gasteiger partial charge in [0.15, 0.2) is 0 Å². The minimum absolute atomic E-state index is 0.225. The Morgan fingerprint density at radius 2 is 2.04 bits per heavy atom. The molecule has 3 aromatic heterocycles. The van der Waals surface area contributed by atoms with Crippen LogP contribution in [0.2, 0.25) is 0 Å². The number of fused-ring (bicyclic) bond motifs is 1. The van der Waals surface area contributed by atoms with Crippen LogP contribution in [0.25, 0.3) is 28.0 Å². The second kappa shape index (κ2) is 5.78. The van der Waals surface area contributed by atoms with E-state index in [0.717, 1.165) is 46.6 Å². The maximum atomic E-state index is 13.7. The summed E-state index contributed by atoms with van der Waals surface area (Å²) in [5.41, 5.74) is 6.56. The van der Waals surface area contributed by atoms with Crippen molar-refractivity contribution in [2.45, 2.75) is 25.7 Å². The van der Waals surface area contributed by atoms with E-state index in [1.807, 2.05) is 24.4 Å². The van der Waals surface area contributed by atoms with Crippen LogP contribution in [0.5, 0.6) is 0 Å². The van der Waals surface area contributed by atoms with Crippen molar-refractivity contribution in [2.75, 3.05) is 0 Å². The summed E-state index contributed by atoms with van der Waals surface area (Å²) in [5.74, 6) is 0.244. The fourth-order valence-corrected chi connectivity index (χ4v) is 3.53. The van der Waals surface area contributed by atoms with E-state index in [9.17, 15) is 9.65 Å². The molecule has 0 unspecified atom stereocenters. The number of hydrogen-bond donors (Lipinski definition) is 1. The Balaban J connectivity index is 1.74. The second-order valence-corrected chi connectivity index (χ2v) is 7.00. The van der Waals surface area contributed by atoms with Gasteiger partial charge in [-0.25, -0.2) is 9.37 Å². The molecule has 1 saturated carbocycles. The Bertz CT molecular complexity index is 1220. The van der Waals surface area contributed by atoms with Crippen molar-refractivity contribution in [3.05, 3.63) is 65.5 Å². The average molecular weight is 357 g/mol. The summed E-state index contributed by atoms with van der Waals surface area (Å²) in [4.78, 5) is 4.26. The lowest BCUT2D eigenvalue weighted by Gasteiger charge is -2.08. The molecule has 1 aliphatic carbocycles. The molecular weight excluding hydrogens is 341 g/mol. The van der Waals surface area contributed by atoms with Crippen molar-refractivity contribution in [3.63, 3.8) is 0 Å². The van der Waals surface area contributed by atoms with E-state index in [1.54, 1.807) is 23.6 Å². The summed E-state index contributed by atoms with van der Waals surface area (Å²) in [7, 11) is 0. The molecule has 0 aliphatic heterocycles. The third-order valence-electron chi connectivity index (χ3n) is 5.12. The molecule has 0 radical (unpaired) electrons. The number of aromatic amines is 1. The molecule has 3 heterocycles. The van der Waals surface area contributed by atoms with Crippen molar-refractivity contribution in [3.8, 4) is 28.5 Å². The van der Waals surface area contributed by atoms with E-state index < -0.39 is 0 Å². The van der Waals surface area contributed by atoms with Gasteiger partial charge in [0.1, 0.15) is 28.9 Å². The summed E-state index contributed by atoms with van der Waals surface area (Å²) in [6.07, 6.45) is 5.76. The Morgan fingerprint density at radius 1 is 1.22 bits per heavy atom. The number of aryl methyl sites for hydroxylation is 1. The molecule has 5 nitrogen and oxygen atoms in total. The quantitative estimate of drug-likeness (QED) is 0.583. The highest BCUT2D eigenvalue weighted by Crippen LogP contribution is 2.46. The highest BCUT2D eigenvalue weighted by Gasteiger charge is 2.31. The number of hydrogen-bond acceptors (Lipinski definition) is 3. The van der Waals surface area contributed by atoms with Crippen LogP contribution >= 0.6 is 0 Å². The zero-order valence-corrected chi connectivity index (χ0v) is 14.7. The van der Waals surface area contributed by atoms with E-state index in [0.29, 0.717) is 17.2 Å². The summed E-state index contributed by atoms with van der Waals surface area (Å²) in [5, 5.41) is 17.1. The molecule has 132 valence electrons. The van der Waals surface area contributed by atoms with Gasteiger partial charge < -0.3 is 0 Å². The number of pyridine rings is 1. The predicted molar refractivity (Wildman–Crippen MR) is 99.6 cm³/mol. The highest BCUT2D eigenvalue weighted by atomic mass is 19.1. The van der Waals surface area contributed by atoms with Crippen molar-refractivity contribution in [1.29, 1.82) is 5.26 Å². The van der Waals surface area contributed by atoms with Gasteiger partial charge in [-0.2, -0.15) is 10.4 Å². The fraction of sp³-hybridized carbons (Fsp3) is 0.190. The molecule has 5 rings (SSSR count). The zero-order chi connectivity index (χ0) is 18.5. The van der Waals surface area contributed by atoms with Crippen LogP contribution in [0.1, 0.15) is 35.7 Å². The molecular formula is C21H16FN5. The molecule has 1 aromatic carbocycles. The van der Waals surface area contributed by atoms with Crippen molar-refractivity contribution in [2.24, 2.45) is 0 Å². The first kappa shape index (κ1) is 15.8. The van der Waals surface area contributed by atoms with Gasteiger partial charge in [0, 0.05) is 34.5 Å². The van der Waals surface area contributed by atoms with Crippen LogP contribution in [0.3, 0.4) is 0 Å². The van der Waals surface area contributed by atoms with Gasteiger partial charge in [-0.3, -0.25) is 9.50 Å². The van der Waals surface area contributed by atoms with E-state index >= 15 is 0 Å². The maximum absolute atomic E-state index is 13.7. The molecule has 0 spiro atoms. The number of aromatic nitrogens is 4. The maximum Gasteiger partial charge on any atom is 0.144 e. The van der Waals surface area contributed by atoms with Crippen LogP contribution in [-0.2, 0) is 0 Å². The SMILES string of the molecule is Cc1cc(-c2n[nH]c(C3CC3)c2-c2ccc3ncc(C#N)n3c2)ccc1F. The molecule has 0 amide bonds. The number of H-pyrrole nitrogens is 1. The fourth-order valence-electron chi connectivity index (χ4n) is 3.53. The molecule has 1 N–H and O–H groups in total. The van der Waals surface area contributed by atoms with Crippen LogP contribution in [0.15, 0.2) is 42.7 Å². The summed E-state index contributed by atoms with van der Waals surface area (Å²) in [6.45, 7) is 1.75. The molecule has 0 saturated heterocycles. The largest absolute Gasteiger partial charge is 0.291 e. The van der Waals surface area contributed by atoms with Gasteiger partial charge >= 0.3 is 0 Å². The molecule has 0 bridgehead atoms. The number of halogens is 1. The minimum Gasteiger partial charge on any atom is -0.291 e. The zero-order valence-electron chi connectivity index (χ0n) is 14.7. The minimum atomic E-state index is -0.225. The smallest absolute Gasteiger partial charge is 0.144 e.